The quantitative estimate of drug-likeness (QED) is 0.0343. The highest BCUT2D eigenvalue weighted by molar-refractivity contribution is 5.70. The summed E-state index contributed by atoms with van der Waals surface area (Å²) in [6.07, 6.45) is 33.8. The summed E-state index contributed by atoms with van der Waals surface area (Å²) in [5.74, 6) is 0.447. The van der Waals surface area contributed by atoms with Gasteiger partial charge in [-0.1, -0.05) is 135 Å². The summed E-state index contributed by atoms with van der Waals surface area (Å²) in [4.78, 5) is 48.7. The molecule has 312 valence electrons. The Morgan fingerprint density at radius 2 is 0.660 bits per heavy atom. The van der Waals surface area contributed by atoms with Crippen molar-refractivity contribution < 1.29 is 38.1 Å². The van der Waals surface area contributed by atoms with E-state index in [4.69, 9.17) is 9.47 Å². The maximum Gasteiger partial charge on any atom is 0.305 e. The van der Waals surface area contributed by atoms with Crippen molar-refractivity contribution in [2.45, 2.75) is 205 Å². The van der Waals surface area contributed by atoms with E-state index in [9.17, 15) is 19.2 Å². The molecule has 0 aliphatic rings. The van der Waals surface area contributed by atoms with Crippen molar-refractivity contribution in [3.8, 4) is 0 Å². The second-order valence-corrected chi connectivity index (χ2v) is 15.5. The highest BCUT2D eigenvalue weighted by Crippen LogP contribution is 2.24. The molecule has 9 heteroatoms. The SMILES string of the molecule is COC(=O)CCCCCCCCOC(=O)CCCCCCCC(CCCCCCCC(=O)OCCCCCCCCC(=O)OC)CCCCCN(C)C. The number of esters is 4. The van der Waals surface area contributed by atoms with Gasteiger partial charge in [-0.3, -0.25) is 19.2 Å². The summed E-state index contributed by atoms with van der Waals surface area (Å²) >= 11 is 0. The van der Waals surface area contributed by atoms with Crippen LogP contribution in [0.5, 0.6) is 0 Å². The topological polar surface area (TPSA) is 108 Å². The van der Waals surface area contributed by atoms with Gasteiger partial charge in [0.1, 0.15) is 0 Å². The maximum atomic E-state index is 12.1. The molecule has 0 spiro atoms. The molecule has 0 heterocycles. The molecule has 0 aliphatic carbocycles. The molecule has 0 N–H and O–H groups in total. The van der Waals surface area contributed by atoms with E-state index in [-0.39, 0.29) is 23.9 Å². The Hall–Kier alpha value is -2.16. The fraction of sp³-hybridized carbons (Fsp3) is 0.909. The van der Waals surface area contributed by atoms with E-state index in [0.29, 0.717) is 38.9 Å². The van der Waals surface area contributed by atoms with Gasteiger partial charge >= 0.3 is 23.9 Å². The van der Waals surface area contributed by atoms with Crippen molar-refractivity contribution in [2.75, 3.05) is 48.1 Å². The van der Waals surface area contributed by atoms with Gasteiger partial charge in [0, 0.05) is 25.7 Å². The molecule has 0 aromatic carbocycles. The standard InChI is InChI=1S/C44H83NO8/c1-45(2)37-27-19-22-32-40(30-20-11-9-15-25-35-43(48)52-38-28-17-7-5-13-23-33-41(46)50-3)31-21-12-10-16-26-36-44(49)53-39-29-18-8-6-14-24-34-42(47)51-4/h40H,5-39H2,1-4H3. The van der Waals surface area contributed by atoms with E-state index in [1.807, 2.05) is 0 Å². The van der Waals surface area contributed by atoms with Crippen LogP contribution in [0.4, 0.5) is 0 Å². The monoisotopic (exact) mass is 754 g/mol. The molecule has 0 rings (SSSR count). The van der Waals surface area contributed by atoms with Gasteiger partial charge in [-0.25, -0.2) is 0 Å². The molecule has 0 saturated carbocycles. The molecule has 0 bridgehead atoms. The van der Waals surface area contributed by atoms with Crippen molar-refractivity contribution in [2.24, 2.45) is 5.92 Å². The number of unbranched alkanes of at least 4 members (excludes halogenated alkanes) is 20. The number of carbonyl (C=O) groups excluding carboxylic acids is 4. The largest absolute Gasteiger partial charge is 0.469 e. The van der Waals surface area contributed by atoms with Crippen molar-refractivity contribution in [1.29, 1.82) is 0 Å². The third kappa shape index (κ3) is 39.4. The highest BCUT2D eigenvalue weighted by atomic mass is 16.5. The average Bonchev–Trinajstić information content (AvgIpc) is 3.14. The second-order valence-electron chi connectivity index (χ2n) is 15.5. The van der Waals surface area contributed by atoms with Crippen LogP contribution in [0.2, 0.25) is 0 Å². The average molecular weight is 754 g/mol. The lowest BCUT2D eigenvalue weighted by Gasteiger charge is -2.17. The number of nitrogens with zero attached hydrogens (tertiary/aromatic N) is 1. The van der Waals surface area contributed by atoms with Gasteiger partial charge in [0.25, 0.3) is 0 Å². The number of carbonyl (C=O) groups is 4. The first-order chi connectivity index (χ1) is 25.8. The molecule has 0 amide bonds. The zero-order valence-corrected chi connectivity index (χ0v) is 35.0. The van der Waals surface area contributed by atoms with Crippen LogP contribution in [0, 0.1) is 5.92 Å². The summed E-state index contributed by atoms with van der Waals surface area (Å²) in [5, 5.41) is 0. The number of methoxy groups -OCH3 is 2. The molecule has 0 aromatic heterocycles. The van der Waals surface area contributed by atoms with Crippen LogP contribution < -0.4 is 0 Å². The zero-order valence-electron chi connectivity index (χ0n) is 35.0. The highest BCUT2D eigenvalue weighted by Gasteiger charge is 2.10. The molecule has 0 saturated heterocycles. The molecule has 0 atom stereocenters. The smallest absolute Gasteiger partial charge is 0.305 e. The Labute approximate surface area is 325 Å². The molecule has 9 nitrogen and oxygen atoms in total. The van der Waals surface area contributed by atoms with E-state index >= 15 is 0 Å². The summed E-state index contributed by atoms with van der Waals surface area (Å²) in [5.41, 5.74) is 0. The van der Waals surface area contributed by atoms with Crippen LogP contribution in [-0.4, -0.2) is 76.9 Å². The first kappa shape index (κ1) is 50.8. The summed E-state index contributed by atoms with van der Waals surface area (Å²) < 4.78 is 20.2. The molecular formula is C44H83NO8. The minimum absolute atomic E-state index is 0.0543. The lowest BCUT2D eigenvalue weighted by molar-refractivity contribution is -0.144. The summed E-state index contributed by atoms with van der Waals surface area (Å²) in [6.45, 7) is 2.22. The van der Waals surface area contributed by atoms with Crippen LogP contribution >= 0.6 is 0 Å². The fourth-order valence-electron chi connectivity index (χ4n) is 6.81. The number of ether oxygens (including phenoxy) is 4. The fourth-order valence-corrected chi connectivity index (χ4v) is 6.81. The van der Waals surface area contributed by atoms with Crippen LogP contribution in [-0.2, 0) is 38.1 Å². The van der Waals surface area contributed by atoms with Crippen molar-refractivity contribution in [1.82, 2.24) is 4.90 Å². The van der Waals surface area contributed by atoms with E-state index in [1.165, 1.54) is 97.8 Å². The maximum absolute atomic E-state index is 12.1. The van der Waals surface area contributed by atoms with E-state index in [2.05, 4.69) is 28.5 Å². The normalized spacial score (nSPS) is 11.3. The predicted octanol–water partition coefficient (Wildman–Crippen LogP) is 11.1. The molecule has 0 fully saturated rings. The summed E-state index contributed by atoms with van der Waals surface area (Å²) in [6, 6.07) is 0. The number of rotatable bonds is 40. The van der Waals surface area contributed by atoms with Gasteiger partial charge in [-0.2, -0.15) is 0 Å². The first-order valence-corrected chi connectivity index (χ1v) is 21.9. The Balaban J connectivity index is 3.90. The van der Waals surface area contributed by atoms with Crippen LogP contribution in [0.25, 0.3) is 0 Å². The lowest BCUT2D eigenvalue weighted by Crippen LogP contribution is -2.12. The van der Waals surface area contributed by atoms with Gasteiger partial charge < -0.3 is 23.8 Å². The van der Waals surface area contributed by atoms with Gasteiger partial charge in [-0.05, 0) is 71.5 Å². The molecule has 53 heavy (non-hydrogen) atoms. The van der Waals surface area contributed by atoms with E-state index in [0.717, 1.165) is 109 Å². The third-order valence-corrected chi connectivity index (χ3v) is 10.2. The molecule has 0 aliphatic heterocycles. The van der Waals surface area contributed by atoms with Crippen molar-refractivity contribution in [3.05, 3.63) is 0 Å². The number of hydrogen-bond acceptors (Lipinski definition) is 9. The van der Waals surface area contributed by atoms with Crippen molar-refractivity contribution in [3.63, 3.8) is 0 Å². The van der Waals surface area contributed by atoms with E-state index < -0.39 is 0 Å². The second kappa shape index (κ2) is 39.5. The predicted molar refractivity (Wildman–Crippen MR) is 216 cm³/mol. The Bertz CT molecular complexity index is 804. The Kier molecular flexibility index (Phi) is 37.9. The minimum Gasteiger partial charge on any atom is -0.469 e. The van der Waals surface area contributed by atoms with Crippen molar-refractivity contribution >= 4 is 23.9 Å². The molecule has 0 aromatic rings. The minimum atomic E-state index is -0.132. The van der Waals surface area contributed by atoms with Crippen LogP contribution in [0.1, 0.15) is 205 Å². The Morgan fingerprint density at radius 3 is 1.00 bits per heavy atom. The number of hydrogen-bond donors (Lipinski definition) is 0. The van der Waals surface area contributed by atoms with Gasteiger partial charge in [-0.15, -0.1) is 0 Å². The van der Waals surface area contributed by atoms with Gasteiger partial charge in [0.2, 0.25) is 0 Å². The third-order valence-electron chi connectivity index (χ3n) is 10.2. The summed E-state index contributed by atoms with van der Waals surface area (Å²) in [7, 11) is 7.17. The molecule has 0 radical (unpaired) electrons. The molecular weight excluding hydrogens is 670 g/mol. The molecule has 0 unspecified atom stereocenters. The van der Waals surface area contributed by atoms with Gasteiger partial charge in [0.05, 0.1) is 27.4 Å². The lowest BCUT2D eigenvalue weighted by atomic mass is 9.89. The van der Waals surface area contributed by atoms with Gasteiger partial charge in [0.15, 0.2) is 0 Å². The van der Waals surface area contributed by atoms with Crippen LogP contribution in [0.15, 0.2) is 0 Å². The first-order valence-electron chi connectivity index (χ1n) is 21.9. The zero-order chi connectivity index (χ0) is 39.0. The van der Waals surface area contributed by atoms with E-state index in [1.54, 1.807) is 0 Å². The van der Waals surface area contributed by atoms with Crippen LogP contribution in [0.3, 0.4) is 0 Å². The Morgan fingerprint density at radius 1 is 0.377 bits per heavy atom.